The highest BCUT2D eigenvalue weighted by atomic mass is 32.2. The Bertz CT molecular complexity index is 1540. The van der Waals surface area contributed by atoms with Crippen molar-refractivity contribution in [3.8, 4) is 0 Å². The van der Waals surface area contributed by atoms with E-state index in [4.69, 9.17) is 0 Å². The SMILES string of the molecule is O=C(CCc1ccc(Cn2cccn2)cc1/C=C/CCCc1ccccc1)NS(=O)(=O)c1ccc(F)c(F)c1.[HH]. The Balaban J connectivity index is 0.00000441. The minimum Gasteiger partial charge on any atom is -0.274 e. The summed E-state index contributed by atoms with van der Waals surface area (Å²) in [5.74, 6) is -3.21. The first-order valence-corrected chi connectivity index (χ1v) is 14.1. The number of nitrogens with zero attached hydrogens (tertiary/aromatic N) is 2. The molecule has 9 heteroatoms. The first kappa shape index (κ1) is 27.9. The van der Waals surface area contributed by atoms with Crippen LogP contribution in [-0.4, -0.2) is 24.1 Å². The molecule has 0 bridgehead atoms. The Hall–Kier alpha value is -4.11. The van der Waals surface area contributed by atoms with Crippen LogP contribution in [-0.2, 0) is 34.2 Å². The van der Waals surface area contributed by atoms with Crippen molar-refractivity contribution in [3.05, 3.63) is 125 Å². The van der Waals surface area contributed by atoms with E-state index in [1.165, 1.54) is 5.56 Å². The molecule has 39 heavy (non-hydrogen) atoms. The lowest BCUT2D eigenvalue weighted by molar-refractivity contribution is -0.119. The van der Waals surface area contributed by atoms with Gasteiger partial charge in [-0.1, -0.05) is 54.6 Å². The van der Waals surface area contributed by atoms with Crippen molar-refractivity contribution in [1.82, 2.24) is 14.5 Å². The van der Waals surface area contributed by atoms with Crippen LogP contribution >= 0.6 is 0 Å². The highest BCUT2D eigenvalue weighted by Gasteiger charge is 2.19. The normalized spacial score (nSPS) is 11.6. The number of carbonyl (C=O) groups is 1. The summed E-state index contributed by atoms with van der Waals surface area (Å²) in [7, 11) is -4.32. The molecular weight excluding hydrogens is 520 g/mol. The van der Waals surface area contributed by atoms with Crippen LogP contribution in [0, 0.1) is 11.6 Å². The number of aryl methyl sites for hydroxylation is 2. The molecule has 0 radical (unpaired) electrons. The van der Waals surface area contributed by atoms with Crippen molar-refractivity contribution in [2.24, 2.45) is 0 Å². The monoisotopic (exact) mass is 551 g/mol. The lowest BCUT2D eigenvalue weighted by Crippen LogP contribution is -2.30. The first-order chi connectivity index (χ1) is 18.8. The average molecular weight is 552 g/mol. The zero-order valence-corrected chi connectivity index (χ0v) is 22.1. The van der Waals surface area contributed by atoms with Gasteiger partial charge in [0, 0.05) is 20.2 Å². The molecule has 0 aliphatic heterocycles. The van der Waals surface area contributed by atoms with Crippen LogP contribution in [0.15, 0.2) is 96.2 Å². The Kier molecular flexibility index (Phi) is 9.38. The average Bonchev–Trinajstić information content (AvgIpc) is 3.43. The van der Waals surface area contributed by atoms with E-state index in [1.54, 1.807) is 6.20 Å². The van der Waals surface area contributed by atoms with Crippen molar-refractivity contribution in [2.45, 2.75) is 43.5 Å². The number of hydrogen-bond donors (Lipinski definition) is 1. The second-order valence-electron chi connectivity index (χ2n) is 9.12. The summed E-state index contributed by atoms with van der Waals surface area (Å²) in [5, 5.41) is 4.25. The van der Waals surface area contributed by atoms with E-state index in [2.05, 4.69) is 23.3 Å². The van der Waals surface area contributed by atoms with Gasteiger partial charge >= 0.3 is 0 Å². The molecule has 0 spiro atoms. The molecule has 4 rings (SSSR count). The number of aromatic nitrogens is 2. The molecule has 0 unspecified atom stereocenters. The molecule has 6 nitrogen and oxygen atoms in total. The number of amides is 1. The molecular formula is C30H31F2N3O3S. The number of rotatable bonds is 12. The van der Waals surface area contributed by atoms with E-state index in [9.17, 15) is 22.0 Å². The summed E-state index contributed by atoms with van der Waals surface area (Å²) in [6.45, 7) is 0.592. The van der Waals surface area contributed by atoms with Crippen molar-refractivity contribution >= 4 is 22.0 Å². The predicted molar refractivity (Wildman–Crippen MR) is 148 cm³/mol. The van der Waals surface area contributed by atoms with Crippen molar-refractivity contribution in [3.63, 3.8) is 0 Å². The molecule has 1 aromatic heterocycles. The number of hydrogen-bond acceptors (Lipinski definition) is 4. The van der Waals surface area contributed by atoms with Crippen LogP contribution in [0.5, 0.6) is 0 Å². The van der Waals surface area contributed by atoms with Crippen LogP contribution < -0.4 is 4.72 Å². The van der Waals surface area contributed by atoms with Crippen LogP contribution in [0.25, 0.3) is 6.08 Å². The van der Waals surface area contributed by atoms with Crippen molar-refractivity contribution in [2.75, 3.05) is 0 Å². The summed E-state index contributed by atoms with van der Waals surface area (Å²) in [6, 6.07) is 20.2. The molecule has 0 saturated heterocycles. The Labute approximate surface area is 228 Å². The third kappa shape index (κ3) is 8.19. The Morgan fingerprint density at radius 3 is 2.51 bits per heavy atom. The maximum atomic E-state index is 13.5. The molecule has 0 fully saturated rings. The highest BCUT2D eigenvalue weighted by molar-refractivity contribution is 7.90. The Morgan fingerprint density at radius 2 is 1.77 bits per heavy atom. The van der Waals surface area contributed by atoms with E-state index in [1.807, 2.05) is 64.1 Å². The molecule has 0 atom stereocenters. The minimum atomic E-state index is -4.32. The molecule has 1 amide bonds. The molecule has 0 saturated carbocycles. The van der Waals surface area contributed by atoms with Crippen LogP contribution in [0.3, 0.4) is 0 Å². The van der Waals surface area contributed by atoms with Gasteiger partial charge in [-0.25, -0.2) is 21.9 Å². The van der Waals surface area contributed by atoms with Gasteiger partial charge in [-0.3, -0.25) is 9.48 Å². The standard InChI is InChI=1S/C30H29F2N3O3S.H2/c31-28-16-15-27(21-29(28)32)39(37,38)34-30(36)17-14-25-13-12-24(22-35-19-7-18-33-35)20-26(25)11-6-2-5-10-23-8-3-1-4-9-23;/h1,3-4,6-9,11-13,15-16,18-21H,2,5,10,14,17,22H2,(H,34,36);1H/b11-6+;. The maximum Gasteiger partial charge on any atom is 0.264 e. The van der Waals surface area contributed by atoms with Gasteiger partial charge in [0.25, 0.3) is 10.0 Å². The van der Waals surface area contributed by atoms with Crippen LogP contribution in [0.4, 0.5) is 8.78 Å². The molecule has 204 valence electrons. The van der Waals surface area contributed by atoms with Gasteiger partial charge < -0.3 is 0 Å². The molecule has 3 aromatic carbocycles. The Morgan fingerprint density at radius 1 is 0.949 bits per heavy atom. The summed E-state index contributed by atoms with van der Waals surface area (Å²) in [4.78, 5) is 12.0. The van der Waals surface area contributed by atoms with Gasteiger partial charge in [0.05, 0.1) is 11.4 Å². The summed E-state index contributed by atoms with van der Waals surface area (Å²) in [5.41, 5.74) is 4.16. The molecule has 0 aliphatic rings. The van der Waals surface area contributed by atoms with Crippen LogP contribution in [0.1, 0.15) is 42.9 Å². The number of benzene rings is 3. The quantitative estimate of drug-likeness (QED) is 0.221. The fourth-order valence-electron chi connectivity index (χ4n) is 4.14. The van der Waals surface area contributed by atoms with E-state index < -0.39 is 32.5 Å². The zero-order valence-electron chi connectivity index (χ0n) is 21.3. The molecule has 1 N–H and O–H groups in total. The van der Waals surface area contributed by atoms with E-state index in [0.29, 0.717) is 25.1 Å². The van der Waals surface area contributed by atoms with Gasteiger partial charge in [-0.2, -0.15) is 5.10 Å². The number of halogens is 2. The maximum absolute atomic E-state index is 13.5. The summed E-state index contributed by atoms with van der Waals surface area (Å²) < 4.78 is 55.3. The lowest BCUT2D eigenvalue weighted by atomic mass is 9.98. The van der Waals surface area contributed by atoms with Gasteiger partial charge in [0.15, 0.2) is 11.6 Å². The van der Waals surface area contributed by atoms with E-state index in [0.717, 1.165) is 42.0 Å². The van der Waals surface area contributed by atoms with Crippen LogP contribution in [0.2, 0.25) is 0 Å². The number of sulfonamides is 1. The highest BCUT2D eigenvalue weighted by Crippen LogP contribution is 2.19. The van der Waals surface area contributed by atoms with Gasteiger partial charge in [0.2, 0.25) is 5.91 Å². The molecule has 1 heterocycles. The fraction of sp³-hybridized carbons (Fsp3) is 0.200. The molecule has 0 aliphatic carbocycles. The summed E-state index contributed by atoms with van der Waals surface area (Å²) in [6.07, 6.45) is 10.8. The molecule has 4 aromatic rings. The number of nitrogens with one attached hydrogen (secondary N) is 1. The van der Waals surface area contributed by atoms with Gasteiger partial charge in [-0.15, -0.1) is 0 Å². The van der Waals surface area contributed by atoms with E-state index in [-0.39, 0.29) is 7.85 Å². The smallest absolute Gasteiger partial charge is 0.264 e. The number of unbranched alkanes of at least 4 members (excludes halogenated alkanes) is 1. The third-order valence-electron chi connectivity index (χ3n) is 6.16. The lowest BCUT2D eigenvalue weighted by Gasteiger charge is -2.11. The van der Waals surface area contributed by atoms with E-state index >= 15 is 0 Å². The second-order valence-corrected chi connectivity index (χ2v) is 10.8. The van der Waals surface area contributed by atoms with Gasteiger partial charge in [0.1, 0.15) is 0 Å². The second kappa shape index (κ2) is 13.1. The van der Waals surface area contributed by atoms with Crippen molar-refractivity contribution < 1.29 is 23.4 Å². The van der Waals surface area contributed by atoms with Gasteiger partial charge in [-0.05, 0) is 78.3 Å². The number of carbonyl (C=O) groups excluding carboxylic acids is 1. The minimum absolute atomic E-state index is 0. The predicted octanol–water partition coefficient (Wildman–Crippen LogP) is 5.93. The largest absolute Gasteiger partial charge is 0.274 e. The fourth-order valence-corrected chi connectivity index (χ4v) is 5.16. The topological polar surface area (TPSA) is 81.1 Å². The summed E-state index contributed by atoms with van der Waals surface area (Å²) >= 11 is 0. The van der Waals surface area contributed by atoms with Crippen molar-refractivity contribution in [1.29, 1.82) is 0 Å². The third-order valence-corrected chi connectivity index (χ3v) is 7.53. The first-order valence-electron chi connectivity index (χ1n) is 12.6. The number of allylic oxidation sites excluding steroid dienone is 1. The zero-order chi connectivity index (χ0) is 27.7.